The summed E-state index contributed by atoms with van der Waals surface area (Å²) < 4.78 is 10.7. The van der Waals surface area contributed by atoms with E-state index in [1.165, 1.54) is 0 Å². The van der Waals surface area contributed by atoms with Gasteiger partial charge in [-0.25, -0.2) is 0 Å². The molecule has 1 fully saturated rings. The van der Waals surface area contributed by atoms with Crippen molar-refractivity contribution >= 4 is 0 Å². The van der Waals surface area contributed by atoms with Gasteiger partial charge in [0.1, 0.15) is 12.4 Å². The molecule has 0 spiro atoms. The maximum Gasteiger partial charge on any atom is 0.179 e. The number of para-hydroxylation sites is 1. The third kappa shape index (κ3) is 5.19. The second kappa shape index (κ2) is 8.15. The number of benzene rings is 1. The lowest BCUT2D eigenvalue weighted by atomic mass is 10.2. The van der Waals surface area contributed by atoms with E-state index in [4.69, 9.17) is 9.47 Å². The highest BCUT2D eigenvalue weighted by molar-refractivity contribution is 5.20. The van der Waals surface area contributed by atoms with Crippen molar-refractivity contribution in [3.8, 4) is 5.75 Å². The van der Waals surface area contributed by atoms with Crippen molar-refractivity contribution in [2.75, 3.05) is 33.4 Å². The van der Waals surface area contributed by atoms with E-state index in [1.54, 1.807) is 7.11 Å². The van der Waals surface area contributed by atoms with Crippen LogP contribution in [0, 0.1) is 0 Å². The highest BCUT2D eigenvalue weighted by Gasteiger charge is 2.35. The van der Waals surface area contributed by atoms with Gasteiger partial charge in [-0.2, -0.15) is 0 Å². The molecule has 0 aliphatic carbocycles. The minimum Gasteiger partial charge on any atom is -0.492 e. The van der Waals surface area contributed by atoms with Crippen LogP contribution >= 0.6 is 0 Å². The first-order valence-electron chi connectivity index (χ1n) is 6.90. The number of hydrogen-bond donors (Lipinski definition) is 1. The number of likely N-dealkylation sites (tertiary alicyclic amines) is 1. The molecule has 2 rings (SSSR count). The molecule has 1 unspecified atom stereocenters. The number of nitrogens with zero attached hydrogens (tertiary/aromatic N) is 1. The zero-order chi connectivity index (χ0) is 14.1. The van der Waals surface area contributed by atoms with Crippen LogP contribution in [0.3, 0.4) is 0 Å². The molecule has 1 aliphatic heterocycles. The summed E-state index contributed by atoms with van der Waals surface area (Å²) in [6.45, 7) is 6.84. The summed E-state index contributed by atoms with van der Waals surface area (Å²) in [6.07, 6.45) is 0.662. The van der Waals surface area contributed by atoms with Gasteiger partial charge >= 0.3 is 0 Å². The van der Waals surface area contributed by atoms with Crippen molar-refractivity contribution < 1.29 is 14.6 Å². The molecular weight excluding hydrogens is 242 g/mol. The van der Waals surface area contributed by atoms with E-state index in [1.807, 2.05) is 44.2 Å². The van der Waals surface area contributed by atoms with Gasteiger partial charge in [0.2, 0.25) is 0 Å². The molecule has 1 aromatic rings. The number of rotatable bonds is 5. The van der Waals surface area contributed by atoms with Gasteiger partial charge in [-0.3, -0.25) is 4.90 Å². The number of methoxy groups -OCH3 is 1. The second-order valence-corrected chi connectivity index (χ2v) is 4.34. The topological polar surface area (TPSA) is 41.9 Å². The first-order chi connectivity index (χ1) is 9.22. The van der Waals surface area contributed by atoms with Gasteiger partial charge in [-0.05, 0) is 12.1 Å². The van der Waals surface area contributed by atoms with Gasteiger partial charge in [0.15, 0.2) is 5.79 Å². The maximum atomic E-state index is 9.88. The molecule has 19 heavy (non-hydrogen) atoms. The number of aliphatic hydroxyl groups is 1. The SMILES string of the molecule is CC.COC1(O)CCN(CCOc2ccccc2)C1. The van der Waals surface area contributed by atoms with E-state index in [-0.39, 0.29) is 0 Å². The maximum absolute atomic E-state index is 9.88. The lowest BCUT2D eigenvalue weighted by Gasteiger charge is -2.21. The van der Waals surface area contributed by atoms with E-state index in [0.29, 0.717) is 19.6 Å². The van der Waals surface area contributed by atoms with E-state index < -0.39 is 5.79 Å². The van der Waals surface area contributed by atoms with E-state index >= 15 is 0 Å². The Morgan fingerprint density at radius 1 is 1.26 bits per heavy atom. The summed E-state index contributed by atoms with van der Waals surface area (Å²) >= 11 is 0. The summed E-state index contributed by atoms with van der Waals surface area (Å²) in [7, 11) is 1.55. The summed E-state index contributed by atoms with van der Waals surface area (Å²) in [4.78, 5) is 2.15. The number of hydrogen-bond acceptors (Lipinski definition) is 4. The Labute approximate surface area is 115 Å². The molecular formula is C15H25NO3. The first kappa shape index (κ1) is 16.0. The molecule has 0 amide bonds. The van der Waals surface area contributed by atoms with E-state index in [0.717, 1.165) is 18.8 Å². The summed E-state index contributed by atoms with van der Waals surface area (Å²) in [5.74, 6) is -0.0825. The largest absolute Gasteiger partial charge is 0.492 e. The van der Waals surface area contributed by atoms with Gasteiger partial charge < -0.3 is 14.6 Å². The predicted octanol–water partition coefficient (Wildman–Crippen LogP) is 2.13. The minimum absolute atomic E-state index is 0.557. The Balaban J connectivity index is 0.000000861. The molecule has 1 aliphatic rings. The van der Waals surface area contributed by atoms with Crippen molar-refractivity contribution in [1.82, 2.24) is 4.90 Å². The Morgan fingerprint density at radius 3 is 2.53 bits per heavy atom. The molecule has 1 saturated heterocycles. The second-order valence-electron chi connectivity index (χ2n) is 4.34. The zero-order valence-electron chi connectivity index (χ0n) is 12.1. The van der Waals surface area contributed by atoms with Crippen LogP contribution in [-0.2, 0) is 4.74 Å². The fourth-order valence-electron chi connectivity index (χ4n) is 2.01. The molecule has 1 atom stereocenters. The van der Waals surface area contributed by atoms with Crippen LogP contribution in [0.4, 0.5) is 0 Å². The van der Waals surface area contributed by atoms with Crippen LogP contribution in [0.25, 0.3) is 0 Å². The molecule has 1 heterocycles. The third-order valence-corrected chi connectivity index (χ3v) is 3.09. The standard InChI is InChI=1S/C13H19NO3.C2H6/c1-16-13(15)7-8-14(11-13)9-10-17-12-5-3-2-4-6-12;1-2/h2-6,15H,7-11H2,1H3;1-2H3. The summed E-state index contributed by atoms with van der Waals surface area (Å²) in [5, 5.41) is 9.88. The van der Waals surface area contributed by atoms with Crippen LogP contribution in [0.5, 0.6) is 5.75 Å². The Morgan fingerprint density at radius 2 is 1.95 bits per heavy atom. The van der Waals surface area contributed by atoms with Gasteiger partial charge in [-0.15, -0.1) is 0 Å². The zero-order valence-corrected chi connectivity index (χ0v) is 12.1. The number of ether oxygens (including phenoxy) is 2. The van der Waals surface area contributed by atoms with Gasteiger partial charge in [0, 0.05) is 26.6 Å². The Hall–Kier alpha value is -1.10. The summed E-state index contributed by atoms with van der Waals surface area (Å²) in [6, 6.07) is 9.75. The molecule has 4 nitrogen and oxygen atoms in total. The molecule has 1 N–H and O–H groups in total. The molecule has 0 aromatic heterocycles. The van der Waals surface area contributed by atoms with Crippen LogP contribution in [0.2, 0.25) is 0 Å². The lowest BCUT2D eigenvalue weighted by Crippen LogP contribution is -2.36. The van der Waals surface area contributed by atoms with Crippen molar-refractivity contribution in [1.29, 1.82) is 0 Å². The van der Waals surface area contributed by atoms with Gasteiger partial charge in [0.25, 0.3) is 0 Å². The Kier molecular flexibility index (Phi) is 6.84. The van der Waals surface area contributed by atoms with Crippen molar-refractivity contribution in [2.45, 2.75) is 26.1 Å². The van der Waals surface area contributed by atoms with Crippen LogP contribution in [0.1, 0.15) is 20.3 Å². The average Bonchev–Trinajstić information content (AvgIpc) is 2.85. The monoisotopic (exact) mass is 267 g/mol. The summed E-state index contributed by atoms with van der Waals surface area (Å²) in [5.41, 5.74) is 0. The van der Waals surface area contributed by atoms with Crippen LogP contribution < -0.4 is 4.74 Å². The molecule has 4 heteroatoms. The highest BCUT2D eigenvalue weighted by Crippen LogP contribution is 2.21. The number of β-amino-alcohol motifs (C(OH)–C–C–N with tert-alkyl or cyclic N) is 1. The third-order valence-electron chi connectivity index (χ3n) is 3.09. The van der Waals surface area contributed by atoms with Crippen molar-refractivity contribution in [3.63, 3.8) is 0 Å². The van der Waals surface area contributed by atoms with E-state index in [2.05, 4.69) is 4.90 Å². The molecule has 0 saturated carbocycles. The quantitative estimate of drug-likeness (QED) is 0.830. The van der Waals surface area contributed by atoms with Crippen molar-refractivity contribution in [3.05, 3.63) is 30.3 Å². The lowest BCUT2D eigenvalue weighted by molar-refractivity contribution is -0.173. The van der Waals surface area contributed by atoms with E-state index in [9.17, 15) is 5.11 Å². The van der Waals surface area contributed by atoms with Crippen molar-refractivity contribution in [2.24, 2.45) is 0 Å². The smallest absolute Gasteiger partial charge is 0.179 e. The van der Waals surface area contributed by atoms with Crippen LogP contribution in [0.15, 0.2) is 30.3 Å². The first-order valence-corrected chi connectivity index (χ1v) is 6.90. The fraction of sp³-hybridized carbons (Fsp3) is 0.600. The van der Waals surface area contributed by atoms with Crippen LogP contribution in [-0.4, -0.2) is 49.1 Å². The molecule has 108 valence electrons. The average molecular weight is 267 g/mol. The van der Waals surface area contributed by atoms with Gasteiger partial charge in [0.05, 0.1) is 6.54 Å². The fourth-order valence-corrected chi connectivity index (χ4v) is 2.01. The normalized spacial score (nSPS) is 22.7. The molecule has 1 aromatic carbocycles. The molecule has 0 radical (unpaired) electrons. The van der Waals surface area contributed by atoms with Gasteiger partial charge in [-0.1, -0.05) is 32.0 Å². The Bertz CT molecular complexity index is 345. The molecule has 0 bridgehead atoms. The minimum atomic E-state index is -0.966. The highest BCUT2D eigenvalue weighted by atomic mass is 16.6. The predicted molar refractivity (Wildman–Crippen MR) is 76.3 cm³/mol.